The Balaban J connectivity index is 2.46. The molecule has 19 heavy (non-hydrogen) atoms. The van der Waals surface area contributed by atoms with Gasteiger partial charge in [0.15, 0.2) is 0 Å². The fourth-order valence-electron chi connectivity index (χ4n) is 2.27. The third kappa shape index (κ3) is 8.01. The zero-order valence-electron chi connectivity index (χ0n) is 12.1. The second-order valence-corrected chi connectivity index (χ2v) is 6.94. The van der Waals surface area contributed by atoms with Crippen LogP contribution in [0.25, 0.3) is 0 Å². The number of nitrogens with one attached hydrogen (secondary N) is 1. The maximum atomic E-state index is 3.58. The molecule has 1 atom stereocenters. The fourth-order valence-corrected chi connectivity index (χ4v) is 3.17. The number of halogens is 1. The summed E-state index contributed by atoms with van der Waals surface area (Å²) in [7, 11) is 0. The van der Waals surface area contributed by atoms with Gasteiger partial charge in [0.25, 0.3) is 0 Å². The van der Waals surface area contributed by atoms with Gasteiger partial charge < -0.3 is 5.32 Å². The molecular formula is C16H26BrNS. The Kier molecular flexibility index (Phi) is 9.66. The summed E-state index contributed by atoms with van der Waals surface area (Å²) in [6, 6.07) is 8.73. The topological polar surface area (TPSA) is 12.0 Å². The lowest BCUT2D eigenvalue weighted by Gasteiger charge is -2.17. The van der Waals surface area contributed by atoms with E-state index >= 15 is 0 Å². The summed E-state index contributed by atoms with van der Waals surface area (Å²) in [5.41, 5.74) is 1.45. The summed E-state index contributed by atoms with van der Waals surface area (Å²) in [6.45, 7) is 4.51. The van der Waals surface area contributed by atoms with E-state index in [1.54, 1.807) is 0 Å². The number of hydrogen-bond acceptors (Lipinski definition) is 2. The van der Waals surface area contributed by atoms with Crippen molar-refractivity contribution in [1.29, 1.82) is 0 Å². The number of thioether (sulfide) groups is 1. The van der Waals surface area contributed by atoms with Crippen LogP contribution in [-0.4, -0.2) is 25.1 Å². The minimum Gasteiger partial charge on any atom is -0.316 e. The molecule has 0 aliphatic heterocycles. The van der Waals surface area contributed by atoms with Crippen LogP contribution >= 0.6 is 27.7 Å². The van der Waals surface area contributed by atoms with E-state index in [0.717, 1.165) is 19.0 Å². The van der Waals surface area contributed by atoms with Crippen LogP contribution in [0.1, 0.15) is 31.7 Å². The van der Waals surface area contributed by atoms with Gasteiger partial charge in [0.2, 0.25) is 0 Å². The van der Waals surface area contributed by atoms with Crippen LogP contribution in [0.3, 0.4) is 0 Å². The second-order valence-electron chi connectivity index (χ2n) is 5.04. The van der Waals surface area contributed by atoms with Crippen LogP contribution in [0.15, 0.2) is 28.7 Å². The third-order valence-corrected chi connectivity index (χ3v) is 4.42. The minimum atomic E-state index is 0.757. The molecule has 0 spiro atoms. The maximum Gasteiger partial charge on any atom is 0.0177 e. The fraction of sp³-hybridized carbons (Fsp3) is 0.625. The molecule has 1 nitrogen and oxygen atoms in total. The van der Waals surface area contributed by atoms with Gasteiger partial charge >= 0.3 is 0 Å². The van der Waals surface area contributed by atoms with E-state index in [4.69, 9.17) is 0 Å². The predicted molar refractivity (Wildman–Crippen MR) is 92.1 cm³/mol. The molecule has 108 valence electrons. The van der Waals surface area contributed by atoms with Crippen molar-refractivity contribution < 1.29 is 0 Å². The Bertz CT molecular complexity index is 333. The average molecular weight is 344 g/mol. The summed E-state index contributed by atoms with van der Waals surface area (Å²) >= 11 is 5.51. The largest absolute Gasteiger partial charge is 0.316 e. The quantitative estimate of drug-likeness (QED) is 0.615. The molecule has 0 radical (unpaired) electrons. The van der Waals surface area contributed by atoms with Crippen molar-refractivity contribution in [3.05, 3.63) is 34.3 Å². The number of benzene rings is 1. The summed E-state index contributed by atoms with van der Waals surface area (Å²) < 4.78 is 1.19. The summed E-state index contributed by atoms with van der Waals surface area (Å²) in [5, 5.41) is 3.58. The molecule has 0 aromatic heterocycles. The summed E-state index contributed by atoms with van der Waals surface area (Å²) in [4.78, 5) is 0. The van der Waals surface area contributed by atoms with Crippen LogP contribution in [0.5, 0.6) is 0 Å². The zero-order valence-corrected chi connectivity index (χ0v) is 14.5. The molecule has 0 bridgehead atoms. The van der Waals surface area contributed by atoms with E-state index in [0.29, 0.717) is 0 Å². The third-order valence-electron chi connectivity index (χ3n) is 3.23. The average Bonchev–Trinajstić information content (AvgIpc) is 2.39. The van der Waals surface area contributed by atoms with Gasteiger partial charge in [0, 0.05) is 4.47 Å². The Labute approximate surface area is 131 Å². The van der Waals surface area contributed by atoms with E-state index in [9.17, 15) is 0 Å². The van der Waals surface area contributed by atoms with Crippen molar-refractivity contribution in [3.8, 4) is 0 Å². The first-order valence-electron chi connectivity index (χ1n) is 7.20. The van der Waals surface area contributed by atoms with Gasteiger partial charge in [-0.1, -0.05) is 35.0 Å². The highest BCUT2D eigenvalue weighted by Gasteiger charge is 2.09. The molecular weight excluding hydrogens is 318 g/mol. The SMILES string of the molecule is CCCNCC(CCCSC)Cc1cccc(Br)c1. The first-order chi connectivity index (χ1) is 9.26. The van der Waals surface area contributed by atoms with Gasteiger partial charge in [-0.05, 0) is 74.4 Å². The zero-order chi connectivity index (χ0) is 13.9. The minimum absolute atomic E-state index is 0.757. The van der Waals surface area contributed by atoms with E-state index in [2.05, 4.69) is 58.7 Å². The summed E-state index contributed by atoms with van der Waals surface area (Å²) in [6.07, 6.45) is 7.25. The van der Waals surface area contributed by atoms with Crippen molar-refractivity contribution in [1.82, 2.24) is 5.32 Å². The highest BCUT2D eigenvalue weighted by atomic mass is 79.9. The molecule has 1 unspecified atom stereocenters. The molecule has 1 aromatic carbocycles. The molecule has 3 heteroatoms. The van der Waals surface area contributed by atoms with Crippen molar-refractivity contribution in [2.24, 2.45) is 5.92 Å². The van der Waals surface area contributed by atoms with Gasteiger partial charge in [0.1, 0.15) is 0 Å². The van der Waals surface area contributed by atoms with Crippen LogP contribution in [0.2, 0.25) is 0 Å². The molecule has 0 aliphatic rings. The van der Waals surface area contributed by atoms with Crippen molar-refractivity contribution in [2.45, 2.75) is 32.6 Å². The lowest BCUT2D eigenvalue weighted by Crippen LogP contribution is -2.25. The maximum absolute atomic E-state index is 3.58. The smallest absolute Gasteiger partial charge is 0.0177 e. The standard InChI is InChI=1S/C16H26BrNS/c1-3-9-18-13-15(7-5-10-19-2)11-14-6-4-8-16(17)12-14/h4,6,8,12,15,18H,3,5,7,9-11,13H2,1-2H3. The predicted octanol–water partition coefficient (Wildman–Crippen LogP) is 4.75. The van der Waals surface area contributed by atoms with Gasteiger partial charge in [0.05, 0.1) is 0 Å². The van der Waals surface area contributed by atoms with Crippen LogP contribution in [-0.2, 0) is 6.42 Å². The Hall–Kier alpha value is 0.01000. The molecule has 1 rings (SSSR count). The molecule has 1 N–H and O–H groups in total. The van der Waals surface area contributed by atoms with Gasteiger partial charge in [-0.3, -0.25) is 0 Å². The molecule has 0 heterocycles. The number of hydrogen-bond donors (Lipinski definition) is 1. The molecule has 0 saturated heterocycles. The van der Waals surface area contributed by atoms with Crippen LogP contribution in [0.4, 0.5) is 0 Å². The monoisotopic (exact) mass is 343 g/mol. The van der Waals surface area contributed by atoms with Crippen LogP contribution in [0, 0.1) is 5.92 Å². The van der Waals surface area contributed by atoms with Crippen molar-refractivity contribution in [3.63, 3.8) is 0 Å². The molecule has 1 aromatic rings. The molecule has 0 fully saturated rings. The van der Waals surface area contributed by atoms with Crippen LogP contribution < -0.4 is 5.32 Å². The highest BCUT2D eigenvalue weighted by molar-refractivity contribution is 9.10. The lowest BCUT2D eigenvalue weighted by atomic mass is 9.95. The second kappa shape index (κ2) is 10.8. The van der Waals surface area contributed by atoms with Crippen molar-refractivity contribution in [2.75, 3.05) is 25.1 Å². The van der Waals surface area contributed by atoms with Gasteiger partial charge in [-0.2, -0.15) is 11.8 Å². The van der Waals surface area contributed by atoms with E-state index in [-0.39, 0.29) is 0 Å². The Morgan fingerprint density at radius 3 is 2.89 bits per heavy atom. The first kappa shape index (κ1) is 17.1. The Morgan fingerprint density at radius 2 is 2.21 bits per heavy atom. The van der Waals surface area contributed by atoms with E-state index in [1.165, 1.54) is 41.5 Å². The molecule has 0 amide bonds. The lowest BCUT2D eigenvalue weighted by molar-refractivity contribution is 0.440. The van der Waals surface area contributed by atoms with E-state index < -0.39 is 0 Å². The Morgan fingerprint density at radius 1 is 1.37 bits per heavy atom. The van der Waals surface area contributed by atoms with Gasteiger partial charge in [-0.15, -0.1) is 0 Å². The normalized spacial score (nSPS) is 12.6. The highest BCUT2D eigenvalue weighted by Crippen LogP contribution is 2.18. The number of rotatable bonds is 10. The van der Waals surface area contributed by atoms with Crippen molar-refractivity contribution >= 4 is 27.7 Å². The van der Waals surface area contributed by atoms with E-state index in [1.807, 2.05) is 11.8 Å². The van der Waals surface area contributed by atoms with Gasteiger partial charge in [-0.25, -0.2) is 0 Å². The molecule has 0 aliphatic carbocycles. The first-order valence-corrected chi connectivity index (χ1v) is 9.39. The molecule has 0 saturated carbocycles. The summed E-state index contributed by atoms with van der Waals surface area (Å²) in [5.74, 6) is 2.04.